The summed E-state index contributed by atoms with van der Waals surface area (Å²) in [6.45, 7) is -0.597. The first-order valence-corrected chi connectivity index (χ1v) is 12.4. The first kappa shape index (κ1) is 24.0. The van der Waals surface area contributed by atoms with Gasteiger partial charge in [0.25, 0.3) is 0 Å². The first-order valence-electron chi connectivity index (χ1n) is 7.58. The summed E-state index contributed by atoms with van der Waals surface area (Å²) in [4.78, 5) is 47.3. The van der Waals surface area contributed by atoms with Crippen LogP contribution in [0.3, 0.4) is 0 Å². The molecule has 0 amide bonds. The lowest BCUT2D eigenvalue weighted by Gasteiger charge is -2.19. The molecule has 0 spiro atoms. The third-order valence-electron chi connectivity index (χ3n) is 3.29. The Kier molecular flexibility index (Phi) is 7.65. The molecule has 2 heterocycles. The summed E-state index contributed by atoms with van der Waals surface area (Å²) in [6.07, 6.45) is 1.60. The van der Waals surface area contributed by atoms with Gasteiger partial charge in [0.2, 0.25) is 0 Å². The monoisotopic (exact) mass is 477 g/mol. The fourth-order valence-corrected chi connectivity index (χ4v) is 5.53. The maximum atomic E-state index is 11.7. The van der Waals surface area contributed by atoms with Crippen molar-refractivity contribution < 1.29 is 51.7 Å². The van der Waals surface area contributed by atoms with Gasteiger partial charge in [-0.05, 0) is 6.42 Å². The lowest BCUT2D eigenvalue weighted by Crippen LogP contribution is -2.16. The van der Waals surface area contributed by atoms with Crippen LogP contribution in [0.15, 0.2) is 12.7 Å². The third kappa shape index (κ3) is 7.17. The van der Waals surface area contributed by atoms with Gasteiger partial charge in [-0.3, -0.25) is 4.57 Å². The quantitative estimate of drug-likeness (QED) is 0.180. The summed E-state index contributed by atoms with van der Waals surface area (Å²) in [7, 11) is -15.9. The number of anilines is 1. The van der Waals surface area contributed by atoms with E-state index in [0.29, 0.717) is 11.2 Å². The highest BCUT2D eigenvalue weighted by Crippen LogP contribution is 2.65. The molecule has 0 saturated carbocycles. The van der Waals surface area contributed by atoms with Gasteiger partial charge in [0.1, 0.15) is 18.2 Å². The largest absolute Gasteiger partial charge is 0.488 e. The molecule has 0 aliphatic heterocycles. The van der Waals surface area contributed by atoms with E-state index in [2.05, 4.69) is 23.6 Å². The SMILES string of the molecule is Nc1ncnc2ncn(C(CO)CCOCP(=O)(O)OP(=O)(O)OP(=O)(O)O)c12. The Labute approximate surface area is 162 Å². The molecular weight excluding hydrogens is 459 g/mol. The second kappa shape index (κ2) is 9.25. The Morgan fingerprint density at radius 3 is 2.41 bits per heavy atom. The van der Waals surface area contributed by atoms with Crippen molar-refractivity contribution in [2.24, 2.45) is 0 Å². The fourth-order valence-electron chi connectivity index (χ4n) is 2.23. The van der Waals surface area contributed by atoms with Crippen LogP contribution < -0.4 is 5.73 Å². The number of aliphatic hydroxyl groups excluding tert-OH is 1. The number of hydrogen-bond acceptors (Lipinski definition) is 11. The number of hydrogen-bond donors (Lipinski definition) is 6. The normalized spacial score (nSPS) is 17.7. The van der Waals surface area contributed by atoms with E-state index in [4.69, 9.17) is 25.2 Å². The summed E-state index contributed by atoms with van der Waals surface area (Å²) in [6, 6.07) is -0.616. The van der Waals surface area contributed by atoms with Crippen LogP contribution in [0.5, 0.6) is 0 Å². The Hall–Kier alpha value is -1.28. The van der Waals surface area contributed by atoms with E-state index in [9.17, 15) is 23.7 Å². The summed E-state index contributed by atoms with van der Waals surface area (Å²) in [5.41, 5.74) is 6.45. The minimum atomic E-state index is -5.52. The number of imidazole rings is 1. The van der Waals surface area contributed by atoms with Crippen LogP contribution in [0.4, 0.5) is 5.82 Å². The minimum Gasteiger partial charge on any atom is -0.394 e. The molecule has 3 unspecified atom stereocenters. The van der Waals surface area contributed by atoms with Gasteiger partial charge < -0.3 is 39.7 Å². The maximum Gasteiger partial charge on any atom is 0.488 e. The van der Waals surface area contributed by atoms with Crippen molar-refractivity contribution in [2.75, 3.05) is 25.3 Å². The van der Waals surface area contributed by atoms with Crippen molar-refractivity contribution >= 4 is 40.2 Å². The van der Waals surface area contributed by atoms with Gasteiger partial charge in [0.15, 0.2) is 11.5 Å². The molecule has 16 nitrogen and oxygen atoms in total. The van der Waals surface area contributed by atoms with Crippen LogP contribution in [0.25, 0.3) is 11.2 Å². The average molecular weight is 477 g/mol. The molecule has 7 N–H and O–H groups in total. The Morgan fingerprint density at radius 1 is 1.10 bits per heavy atom. The molecule has 0 saturated heterocycles. The zero-order valence-corrected chi connectivity index (χ0v) is 17.1. The van der Waals surface area contributed by atoms with Gasteiger partial charge in [-0.1, -0.05) is 0 Å². The van der Waals surface area contributed by atoms with E-state index < -0.39 is 35.6 Å². The van der Waals surface area contributed by atoms with E-state index in [-0.39, 0.29) is 25.5 Å². The van der Waals surface area contributed by atoms with Crippen LogP contribution in [-0.2, 0) is 27.1 Å². The molecule has 2 rings (SSSR count). The van der Waals surface area contributed by atoms with Crippen molar-refractivity contribution in [3.63, 3.8) is 0 Å². The summed E-state index contributed by atoms with van der Waals surface area (Å²) in [5.74, 6) is 0.129. The molecule has 0 aromatic carbocycles. The van der Waals surface area contributed by atoms with Gasteiger partial charge in [0.05, 0.1) is 19.0 Å². The fraction of sp³-hybridized carbons (Fsp3) is 0.500. The highest BCUT2D eigenvalue weighted by Gasteiger charge is 2.39. The number of aromatic nitrogens is 4. The average Bonchev–Trinajstić information content (AvgIpc) is 2.97. The first-order chi connectivity index (χ1) is 13.3. The lowest BCUT2D eigenvalue weighted by molar-refractivity contribution is 0.125. The van der Waals surface area contributed by atoms with E-state index >= 15 is 0 Å². The highest BCUT2D eigenvalue weighted by molar-refractivity contribution is 7.68. The Morgan fingerprint density at radius 2 is 1.79 bits per heavy atom. The summed E-state index contributed by atoms with van der Waals surface area (Å²) >= 11 is 0. The lowest BCUT2D eigenvalue weighted by atomic mass is 10.2. The number of rotatable bonds is 11. The smallest absolute Gasteiger partial charge is 0.394 e. The molecule has 0 aliphatic carbocycles. The number of fused-ring (bicyclic) bond motifs is 1. The van der Waals surface area contributed by atoms with E-state index in [1.165, 1.54) is 17.2 Å². The zero-order chi connectivity index (χ0) is 21.9. The predicted octanol–water partition coefficient (Wildman–Crippen LogP) is -0.282. The zero-order valence-electron chi connectivity index (χ0n) is 14.5. The van der Waals surface area contributed by atoms with Crippen LogP contribution >= 0.6 is 23.2 Å². The van der Waals surface area contributed by atoms with Crippen molar-refractivity contribution in [2.45, 2.75) is 12.5 Å². The molecule has 29 heavy (non-hydrogen) atoms. The maximum absolute atomic E-state index is 11.7. The third-order valence-corrected chi connectivity index (χ3v) is 7.32. The van der Waals surface area contributed by atoms with Crippen molar-refractivity contribution in [3.8, 4) is 0 Å². The number of nitrogens with zero attached hydrogens (tertiary/aromatic N) is 4. The van der Waals surface area contributed by atoms with Crippen LogP contribution in [0.1, 0.15) is 12.5 Å². The van der Waals surface area contributed by atoms with Gasteiger partial charge in [-0.25, -0.2) is 28.4 Å². The molecular formula is C10H18N5O11P3. The summed E-state index contributed by atoms with van der Waals surface area (Å²) in [5, 5.41) is 9.59. The standard InChI is InChI=1S/C10H18N5O11P3/c11-9-8-10(13-4-12-9)14-5-15(8)7(3-16)1-2-24-6-27(17,18)25-29(22,23)26-28(19,20)21/h4-5,7,16H,1-3,6H2,(H,17,18)(H,22,23)(H2,11,12,13)(H2,19,20,21). The van der Waals surface area contributed by atoms with Crippen LogP contribution in [-0.4, -0.2) is 63.8 Å². The molecule has 3 atom stereocenters. The van der Waals surface area contributed by atoms with Crippen LogP contribution in [0, 0.1) is 0 Å². The number of nitrogen functional groups attached to an aromatic ring is 1. The Bertz CT molecular complexity index is 993. The molecule has 0 fully saturated rings. The van der Waals surface area contributed by atoms with Gasteiger partial charge in [0, 0.05) is 6.61 Å². The van der Waals surface area contributed by atoms with Crippen molar-refractivity contribution in [3.05, 3.63) is 12.7 Å². The second-order valence-electron chi connectivity index (χ2n) is 5.51. The molecule has 0 radical (unpaired) electrons. The van der Waals surface area contributed by atoms with E-state index in [1.54, 1.807) is 0 Å². The topological polar surface area (TPSA) is 250 Å². The van der Waals surface area contributed by atoms with Crippen LogP contribution in [0.2, 0.25) is 0 Å². The van der Waals surface area contributed by atoms with E-state index in [1.807, 2.05) is 0 Å². The molecule has 2 aromatic heterocycles. The number of aliphatic hydroxyl groups is 1. The van der Waals surface area contributed by atoms with Crippen molar-refractivity contribution in [1.29, 1.82) is 0 Å². The predicted molar refractivity (Wildman–Crippen MR) is 95.2 cm³/mol. The van der Waals surface area contributed by atoms with Gasteiger partial charge in [-0.2, -0.15) is 4.31 Å². The van der Waals surface area contributed by atoms with Gasteiger partial charge in [-0.15, -0.1) is 0 Å². The molecule has 164 valence electrons. The number of ether oxygens (including phenoxy) is 1. The highest BCUT2D eigenvalue weighted by atomic mass is 31.3. The number of nitrogens with two attached hydrogens (primary N) is 1. The van der Waals surface area contributed by atoms with E-state index in [0.717, 1.165) is 0 Å². The minimum absolute atomic E-state index is 0.0893. The van der Waals surface area contributed by atoms with Gasteiger partial charge >= 0.3 is 23.2 Å². The summed E-state index contributed by atoms with van der Waals surface area (Å²) < 4.78 is 47.3. The Balaban J connectivity index is 1.93. The molecule has 0 aliphatic rings. The second-order valence-corrected chi connectivity index (χ2v) is 10.3. The molecule has 19 heteroatoms. The van der Waals surface area contributed by atoms with Crippen molar-refractivity contribution in [1.82, 2.24) is 19.5 Å². The molecule has 0 bridgehead atoms. The number of phosphoric acid groups is 2. The molecule has 2 aromatic rings.